The Bertz CT molecular complexity index is 137. The van der Waals surface area contributed by atoms with Gasteiger partial charge >= 0.3 is 0 Å². The van der Waals surface area contributed by atoms with Crippen LogP contribution in [0.3, 0.4) is 0 Å². The highest BCUT2D eigenvalue weighted by Crippen LogP contribution is 2.19. The molecule has 0 atom stereocenters. The van der Waals surface area contributed by atoms with E-state index in [0.717, 1.165) is 5.92 Å². The Hall–Kier alpha value is -0.560. The number of hydrogen-bond acceptors (Lipinski definition) is 1. The van der Waals surface area contributed by atoms with Gasteiger partial charge in [0.1, 0.15) is 0 Å². The van der Waals surface area contributed by atoms with Crippen LogP contribution < -0.4 is 0 Å². The molecule has 0 saturated carbocycles. The van der Waals surface area contributed by atoms with Gasteiger partial charge in [-0.1, -0.05) is 45.1 Å². The lowest BCUT2D eigenvalue weighted by molar-refractivity contribution is 0.136. The molecule has 1 heteroatoms. The molecule has 0 spiro atoms. The average Bonchev–Trinajstić information content (AvgIpc) is 2.45. The van der Waals surface area contributed by atoms with Crippen LogP contribution in [0, 0.1) is 5.92 Å². The molecule has 2 bridgehead atoms. The maximum atomic E-state index is 5.25. The van der Waals surface area contributed by atoms with Crippen molar-refractivity contribution in [2.75, 3.05) is 0 Å². The van der Waals surface area contributed by atoms with Gasteiger partial charge < -0.3 is 4.74 Å². The number of ether oxygens (including phenoxy) is 1. The van der Waals surface area contributed by atoms with Crippen molar-refractivity contribution in [3.63, 3.8) is 0 Å². The molecule has 2 heterocycles. The van der Waals surface area contributed by atoms with Gasteiger partial charge in [0, 0.05) is 0 Å². The van der Waals surface area contributed by atoms with Crippen LogP contribution in [0.2, 0.25) is 0 Å². The molecule has 0 saturated heterocycles. The maximum absolute atomic E-state index is 5.25. The summed E-state index contributed by atoms with van der Waals surface area (Å²) in [5.41, 5.74) is 0. The molecule has 0 radical (unpaired) electrons. The predicted molar refractivity (Wildman–Crippen MR) is 47.5 cm³/mol. The fourth-order valence-corrected chi connectivity index (χ4v) is 0.929. The van der Waals surface area contributed by atoms with Crippen molar-refractivity contribution < 1.29 is 4.74 Å². The molecular formula is C10H16O. The minimum absolute atomic E-state index is 0.310. The Labute approximate surface area is 68.8 Å². The van der Waals surface area contributed by atoms with Crippen LogP contribution in [0.1, 0.15) is 20.8 Å². The second kappa shape index (κ2) is 3.72. The van der Waals surface area contributed by atoms with E-state index in [1.807, 2.05) is 0 Å². The SMILES string of the molecule is C1=CC2C=CC1O2.CC(C)C. The van der Waals surface area contributed by atoms with E-state index in [1.165, 1.54) is 0 Å². The lowest BCUT2D eigenvalue weighted by atomic mass is 10.2. The molecule has 62 valence electrons. The molecule has 0 aliphatic carbocycles. The largest absolute Gasteiger partial charge is 0.359 e. The summed E-state index contributed by atoms with van der Waals surface area (Å²) in [4.78, 5) is 0. The molecule has 0 aromatic carbocycles. The van der Waals surface area contributed by atoms with Crippen molar-refractivity contribution >= 4 is 0 Å². The second-order valence-electron chi connectivity index (χ2n) is 3.57. The van der Waals surface area contributed by atoms with Crippen LogP contribution in [-0.4, -0.2) is 12.2 Å². The third kappa shape index (κ3) is 2.89. The number of hydrogen-bond donors (Lipinski definition) is 0. The third-order valence-electron chi connectivity index (χ3n) is 1.30. The van der Waals surface area contributed by atoms with Crippen molar-refractivity contribution in [2.24, 2.45) is 5.92 Å². The Morgan fingerprint density at radius 1 is 0.909 bits per heavy atom. The van der Waals surface area contributed by atoms with E-state index in [0.29, 0.717) is 12.2 Å². The molecule has 11 heavy (non-hydrogen) atoms. The molecule has 0 aromatic rings. The van der Waals surface area contributed by atoms with Gasteiger partial charge in [0.15, 0.2) is 0 Å². The lowest BCUT2D eigenvalue weighted by Gasteiger charge is -1.94. The van der Waals surface area contributed by atoms with Crippen LogP contribution in [0.25, 0.3) is 0 Å². The molecule has 0 aromatic heterocycles. The molecule has 0 N–H and O–H groups in total. The molecular weight excluding hydrogens is 136 g/mol. The Kier molecular flexibility index (Phi) is 2.89. The van der Waals surface area contributed by atoms with Crippen molar-refractivity contribution in [2.45, 2.75) is 33.0 Å². The van der Waals surface area contributed by atoms with E-state index in [-0.39, 0.29) is 0 Å². The summed E-state index contributed by atoms with van der Waals surface area (Å²) in [5, 5.41) is 0. The standard InChI is InChI=1S/C6H6O.C4H10/c1-2-6-4-3-5(1)7-6;1-4(2)3/h1-6H;4H,1-3H3. The minimum atomic E-state index is 0.310. The average molecular weight is 152 g/mol. The highest BCUT2D eigenvalue weighted by Gasteiger charge is 2.19. The van der Waals surface area contributed by atoms with Crippen molar-refractivity contribution in [1.82, 2.24) is 0 Å². The molecule has 0 fully saturated rings. The first-order valence-corrected chi connectivity index (χ1v) is 4.20. The highest BCUT2D eigenvalue weighted by molar-refractivity contribution is 5.22. The van der Waals surface area contributed by atoms with E-state index >= 15 is 0 Å². The summed E-state index contributed by atoms with van der Waals surface area (Å²) >= 11 is 0. The molecule has 2 rings (SSSR count). The zero-order valence-electron chi connectivity index (χ0n) is 7.45. The van der Waals surface area contributed by atoms with Crippen LogP contribution in [0.4, 0.5) is 0 Å². The lowest BCUT2D eigenvalue weighted by Crippen LogP contribution is -1.97. The smallest absolute Gasteiger partial charge is 0.0952 e. The summed E-state index contributed by atoms with van der Waals surface area (Å²) in [7, 11) is 0. The summed E-state index contributed by atoms with van der Waals surface area (Å²) in [6, 6.07) is 0. The van der Waals surface area contributed by atoms with Crippen LogP contribution in [0.15, 0.2) is 24.3 Å². The first kappa shape index (κ1) is 8.54. The summed E-state index contributed by atoms with van der Waals surface area (Å²) in [5.74, 6) is 0.833. The Morgan fingerprint density at radius 2 is 1.18 bits per heavy atom. The van der Waals surface area contributed by atoms with E-state index in [1.54, 1.807) is 0 Å². The first-order chi connectivity index (χ1) is 5.18. The van der Waals surface area contributed by atoms with E-state index in [4.69, 9.17) is 4.74 Å². The van der Waals surface area contributed by atoms with Gasteiger partial charge in [-0.05, 0) is 5.92 Å². The van der Waals surface area contributed by atoms with Crippen LogP contribution in [0.5, 0.6) is 0 Å². The van der Waals surface area contributed by atoms with Crippen LogP contribution in [-0.2, 0) is 4.74 Å². The summed E-state index contributed by atoms with van der Waals surface area (Å²) in [6.07, 6.45) is 8.92. The molecule has 1 nitrogen and oxygen atoms in total. The van der Waals surface area contributed by atoms with Crippen molar-refractivity contribution in [3.8, 4) is 0 Å². The second-order valence-corrected chi connectivity index (χ2v) is 3.57. The monoisotopic (exact) mass is 152 g/mol. The summed E-state index contributed by atoms with van der Waals surface area (Å²) < 4.78 is 5.25. The van der Waals surface area contributed by atoms with Gasteiger partial charge in [0.2, 0.25) is 0 Å². The minimum Gasteiger partial charge on any atom is -0.359 e. The topological polar surface area (TPSA) is 9.23 Å². The van der Waals surface area contributed by atoms with Gasteiger partial charge in [0.25, 0.3) is 0 Å². The van der Waals surface area contributed by atoms with Gasteiger partial charge in [-0.2, -0.15) is 0 Å². The van der Waals surface area contributed by atoms with Gasteiger partial charge in [-0.15, -0.1) is 0 Å². The van der Waals surface area contributed by atoms with E-state index < -0.39 is 0 Å². The fraction of sp³-hybridized carbons (Fsp3) is 0.600. The van der Waals surface area contributed by atoms with Crippen molar-refractivity contribution in [1.29, 1.82) is 0 Å². The first-order valence-electron chi connectivity index (χ1n) is 4.20. The fourth-order valence-electron chi connectivity index (χ4n) is 0.929. The van der Waals surface area contributed by atoms with E-state index in [2.05, 4.69) is 45.1 Å². The summed E-state index contributed by atoms with van der Waals surface area (Å²) in [6.45, 7) is 6.50. The molecule has 2 aliphatic heterocycles. The Balaban J connectivity index is 0.000000134. The molecule has 2 aliphatic rings. The van der Waals surface area contributed by atoms with Gasteiger partial charge in [0.05, 0.1) is 12.2 Å². The number of fused-ring (bicyclic) bond motifs is 2. The quantitative estimate of drug-likeness (QED) is 0.485. The zero-order valence-corrected chi connectivity index (χ0v) is 7.45. The third-order valence-corrected chi connectivity index (χ3v) is 1.30. The van der Waals surface area contributed by atoms with Crippen molar-refractivity contribution in [3.05, 3.63) is 24.3 Å². The predicted octanol–water partition coefficient (Wildman–Crippen LogP) is 2.54. The number of rotatable bonds is 0. The highest BCUT2D eigenvalue weighted by atomic mass is 16.5. The molecule has 0 unspecified atom stereocenters. The normalized spacial score (nSPS) is 30.9. The zero-order chi connectivity index (χ0) is 8.27. The van der Waals surface area contributed by atoms with Gasteiger partial charge in [-0.3, -0.25) is 0 Å². The van der Waals surface area contributed by atoms with Crippen LogP contribution >= 0.6 is 0 Å². The van der Waals surface area contributed by atoms with Gasteiger partial charge in [-0.25, -0.2) is 0 Å². The molecule has 0 amide bonds. The maximum Gasteiger partial charge on any atom is 0.0952 e. The Morgan fingerprint density at radius 3 is 1.27 bits per heavy atom. The van der Waals surface area contributed by atoms with E-state index in [9.17, 15) is 0 Å².